The van der Waals surface area contributed by atoms with E-state index in [1.807, 2.05) is 6.07 Å². The molecule has 8 heteroatoms. The number of carboxylic acid groups (broad SMARTS) is 1. The van der Waals surface area contributed by atoms with Crippen LogP contribution in [0, 0.1) is 0 Å². The molecule has 0 aromatic carbocycles. The zero-order chi connectivity index (χ0) is 12.5. The summed E-state index contributed by atoms with van der Waals surface area (Å²) < 4.78 is 1.42. The fraction of sp³-hybridized carbons (Fsp3) is 0.100. The van der Waals surface area contributed by atoms with Gasteiger partial charge in [0.25, 0.3) is 0 Å². The average Bonchev–Trinajstić information content (AvgIpc) is 2.82. The van der Waals surface area contributed by atoms with Gasteiger partial charge in [-0.2, -0.15) is 9.78 Å². The number of pyridine rings is 1. The van der Waals surface area contributed by atoms with E-state index >= 15 is 0 Å². The lowest BCUT2D eigenvalue weighted by Crippen LogP contribution is -2.21. The van der Waals surface area contributed by atoms with Crippen LogP contribution in [0.1, 0.15) is 0 Å². The molecule has 1 aliphatic rings. The summed E-state index contributed by atoms with van der Waals surface area (Å²) in [5.41, 5.74) is 0.678. The van der Waals surface area contributed by atoms with E-state index in [0.29, 0.717) is 16.7 Å². The highest BCUT2D eigenvalue weighted by Gasteiger charge is 2.23. The lowest BCUT2D eigenvalue weighted by Gasteiger charge is -2.10. The van der Waals surface area contributed by atoms with Gasteiger partial charge in [-0.15, -0.1) is 10.2 Å². The van der Waals surface area contributed by atoms with Crippen LogP contribution in [0.3, 0.4) is 0 Å². The molecule has 0 saturated carbocycles. The summed E-state index contributed by atoms with van der Waals surface area (Å²) in [6.45, 7) is 0. The second-order valence-corrected chi connectivity index (χ2v) is 4.42. The highest BCUT2D eigenvalue weighted by molar-refractivity contribution is 8.00. The van der Waals surface area contributed by atoms with E-state index in [1.54, 1.807) is 18.3 Å². The molecule has 2 aromatic rings. The Morgan fingerprint density at radius 1 is 1.39 bits per heavy atom. The molecule has 90 valence electrons. The van der Waals surface area contributed by atoms with Crippen LogP contribution in [0.2, 0.25) is 0 Å². The number of thioether (sulfide) groups is 1. The summed E-state index contributed by atoms with van der Waals surface area (Å²) in [6.07, 6.45) is 1.63. The van der Waals surface area contributed by atoms with Gasteiger partial charge >= 0.3 is 5.97 Å². The number of aromatic nitrogens is 4. The molecule has 2 aromatic heterocycles. The Labute approximate surface area is 106 Å². The molecule has 3 heterocycles. The summed E-state index contributed by atoms with van der Waals surface area (Å²) >= 11 is 1.29. The molecule has 0 atom stereocenters. The molecular weight excluding hydrogens is 254 g/mol. The number of nitrogens with zero attached hydrogens (tertiary/aromatic N) is 5. The molecule has 0 bridgehead atoms. The van der Waals surface area contributed by atoms with Crippen LogP contribution in [-0.2, 0) is 4.79 Å². The van der Waals surface area contributed by atoms with Crippen molar-refractivity contribution in [3.05, 3.63) is 24.4 Å². The Bertz CT molecular complexity index is 637. The summed E-state index contributed by atoms with van der Waals surface area (Å²) in [6, 6.07) is 5.38. The Balaban J connectivity index is 2.12. The van der Waals surface area contributed by atoms with Crippen molar-refractivity contribution >= 4 is 23.4 Å². The van der Waals surface area contributed by atoms with E-state index in [-0.39, 0.29) is 11.5 Å². The fourth-order valence-corrected chi connectivity index (χ4v) is 2.28. The van der Waals surface area contributed by atoms with Crippen LogP contribution in [0.25, 0.3) is 11.5 Å². The number of carboxylic acids is 1. The molecule has 0 spiro atoms. The number of hydrogen-bond donors (Lipinski definition) is 1. The van der Waals surface area contributed by atoms with Crippen LogP contribution in [0.4, 0.5) is 0 Å². The van der Waals surface area contributed by atoms with E-state index in [1.165, 1.54) is 16.4 Å². The van der Waals surface area contributed by atoms with Gasteiger partial charge in [0.05, 0.1) is 5.75 Å². The van der Waals surface area contributed by atoms with E-state index in [0.717, 1.165) is 0 Å². The molecule has 0 aliphatic carbocycles. The Morgan fingerprint density at radius 3 is 3.00 bits per heavy atom. The van der Waals surface area contributed by atoms with Gasteiger partial charge in [-0.25, -0.2) is 4.79 Å². The lowest BCUT2D eigenvalue weighted by atomic mass is 10.3. The molecule has 0 unspecified atom stereocenters. The Kier molecular flexibility index (Phi) is 2.56. The first-order chi connectivity index (χ1) is 8.75. The van der Waals surface area contributed by atoms with Crippen LogP contribution in [0.5, 0.6) is 0 Å². The third-order valence-electron chi connectivity index (χ3n) is 2.31. The number of rotatable bonds is 2. The first-order valence-corrected chi connectivity index (χ1v) is 6.05. The maximum Gasteiger partial charge on any atom is 0.352 e. The standard InChI is InChI=1S/C10H7N5O2S/c16-9(17)7-5-18-10-13-12-8(15(10)14-7)6-3-1-2-4-11-6/h1-4H,5H2,(H,16,17). The number of aliphatic carboxylic acids is 1. The summed E-state index contributed by atoms with van der Waals surface area (Å²) in [5.74, 6) is -0.305. The molecule has 1 N–H and O–H groups in total. The maximum absolute atomic E-state index is 10.9. The van der Waals surface area contributed by atoms with Gasteiger partial charge in [0.1, 0.15) is 5.69 Å². The summed E-state index contributed by atoms with van der Waals surface area (Å²) in [7, 11) is 0. The van der Waals surface area contributed by atoms with Gasteiger partial charge in [-0.3, -0.25) is 4.98 Å². The van der Waals surface area contributed by atoms with Crippen molar-refractivity contribution in [1.82, 2.24) is 19.9 Å². The van der Waals surface area contributed by atoms with E-state index < -0.39 is 5.97 Å². The second kappa shape index (κ2) is 4.22. The third-order valence-corrected chi connectivity index (χ3v) is 3.24. The van der Waals surface area contributed by atoms with Crippen LogP contribution >= 0.6 is 11.8 Å². The highest BCUT2D eigenvalue weighted by atomic mass is 32.2. The van der Waals surface area contributed by atoms with Crippen molar-refractivity contribution in [2.24, 2.45) is 5.10 Å². The van der Waals surface area contributed by atoms with Crippen molar-refractivity contribution in [3.63, 3.8) is 0 Å². The summed E-state index contributed by atoms with van der Waals surface area (Å²) in [4.78, 5) is 15.1. The largest absolute Gasteiger partial charge is 0.477 e. The topological polar surface area (TPSA) is 93.3 Å². The fourth-order valence-electron chi connectivity index (χ4n) is 1.49. The minimum absolute atomic E-state index is 0.0736. The number of hydrogen-bond acceptors (Lipinski definition) is 6. The highest BCUT2D eigenvalue weighted by Crippen LogP contribution is 2.25. The molecule has 0 saturated heterocycles. The van der Waals surface area contributed by atoms with Gasteiger partial charge in [0.15, 0.2) is 5.71 Å². The molecule has 0 radical (unpaired) electrons. The Hall–Kier alpha value is -2.22. The predicted octanol–water partition coefficient (Wildman–Crippen LogP) is 0.734. The SMILES string of the molecule is O=C(O)C1=Nn2c(nnc2-c2ccccn2)SC1. The van der Waals surface area contributed by atoms with Gasteiger partial charge in [-0.1, -0.05) is 17.8 Å². The van der Waals surface area contributed by atoms with Gasteiger partial charge < -0.3 is 5.11 Å². The zero-order valence-electron chi connectivity index (χ0n) is 9.02. The van der Waals surface area contributed by atoms with Crippen LogP contribution < -0.4 is 0 Å². The van der Waals surface area contributed by atoms with E-state index in [2.05, 4.69) is 20.3 Å². The Morgan fingerprint density at radius 2 is 2.28 bits per heavy atom. The lowest BCUT2D eigenvalue weighted by molar-refractivity contribution is -0.129. The van der Waals surface area contributed by atoms with Crippen molar-refractivity contribution < 1.29 is 9.90 Å². The van der Waals surface area contributed by atoms with Gasteiger partial charge in [0.2, 0.25) is 11.0 Å². The van der Waals surface area contributed by atoms with Gasteiger partial charge in [0, 0.05) is 6.20 Å². The first kappa shape index (κ1) is 10.9. The molecule has 0 amide bonds. The minimum Gasteiger partial charge on any atom is -0.477 e. The monoisotopic (exact) mass is 261 g/mol. The predicted molar refractivity (Wildman–Crippen MR) is 64.4 cm³/mol. The third kappa shape index (κ3) is 1.76. The van der Waals surface area contributed by atoms with Crippen molar-refractivity contribution in [3.8, 4) is 11.5 Å². The molecule has 7 nitrogen and oxygen atoms in total. The zero-order valence-corrected chi connectivity index (χ0v) is 9.83. The first-order valence-electron chi connectivity index (χ1n) is 5.06. The molecule has 1 aliphatic heterocycles. The van der Waals surface area contributed by atoms with Crippen molar-refractivity contribution in [2.75, 3.05) is 5.75 Å². The molecular formula is C10H7N5O2S. The normalized spacial score (nSPS) is 13.9. The summed E-state index contributed by atoms with van der Waals surface area (Å²) in [5, 5.41) is 21.5. The van der Waals surface area contributed by atoms with Crippen LogP contribution in [-0.4, -0.2) is 42.4 Å². The van der Waals surface area contributed by atoms with Crippen LogP contribution in [0.15, 0.2) is 34.7 Å². The quantitative estimate of drug-likeness (QED) is 0.856. The average molecular weight is 261 g/mol. The number of fused-ring (bicyclic) bond motifs is 1. The van der Waals surface area contributed by atoms with E-state index in [4.69, 9.17) is 5.11 Å². The van der Waals surface area contributed by atoms with Crippen molar-refractivity contribution in [1.29, 1.82) is 0 Å². The van der Waals surface area contributed by atoms with Gasteiger partial charge in [-0.05, 0) is 12.1 Å². The second-order valence-electron chi connectivity index (χ2n) is 3.47. The maximum atomic E-state index is 10.9. The smallest absolute Gasteiger partial charge is 0.352 e. The molecule has 3 rings (SSSR count). The molecule has 0 fully saturated rings. The number of carbonyl (C=O) groups is 1. The van der Waals surface area contributed by atoms with E-state index in [9.17, 15) is 4.79 Å². The minimum atomic E-state index is -1.03. The van der Waals surface area contributed by atoms with Crippen molar-refractivity contribution in [2.45, 2.75) is 5.16 Å². The molecule has 18 heavy (non-hydrogen) atoms.